The number of esters is 1. The summed E-state index contributed by atoms with van der Waals surface area (Å²) >= 11 is 0. The van der Waals surface area contributed by atoms with Gasteiger partial charge in [-0.15, -0.1) is 0 Å². The number of rotatable bonds is 6. The third-order valence-electron chi connectivity index (χ3n) is 2.49. The van der Waals surface area contributed by atoms with Crippen LogP contribution in [0.3, 0.4) is 0 Å². The molecule has 18 heavy (non-hydrogen) atoms. The summed E-state index contributed by atoms with van der Waals surface area (Å²) in [5.41, 5.74) is 0.737. The molecule has 0 aliphatic rings. The molecule has 0 saturated heterocycles. The highest BCUT2D eigenvalue weighted by Gasteiger charge is 2.06. The first-order valence-corrected chi connectivity index (χ1v) is 5.74. The zero-order valence-electron chi connectivity index (χ0n) is 10.3. The maximum Gasteiger partial charge on any atom is 0.307 e. The highest BCUT2D eigenvalue weighted by Crippen LogP contribution is 2.16. The van der Waals surface area contributed by atoms with Crippen LogP contribution >= 0.6 is 0 Å². The molecule has 5 heteroatoms. The number of benzene rings is 1. The third kappa shape index (κ3) is 4.86. The molecule has 0 saturated carbocycles. The van der Waals surface area contributed by atoms with E-state index in [9.17, 15) is 14.7 Å². The van der Waals surface area contributed by atoms with Crippen molar-refractivity contribution in [1.29, 1.82) is 0 Å². The van der Waals surface area contributed by atoms with Gasteiger partial charge < -0.3 is 15.2 Å². The maximum atomic E-state index is 11.5. The summed E-state index contributed by atoms with van der Waals surface area (Å²) in [4.78, 5) is 22.3. The van der Waals surface area contributed by atoms with Crippen molar-refractivity contribution in [3.05, 3.63) is 29.8 Å². The Hall–Kier alpha value is -2.04. The van der Waals surface area contributed by atoms with Crippen LogP contribution in [0.15, 0.2) is 24.3 Å². The number of aromatic hydroxyl groups is 1. The molecule has 0 fully saturated rings. The molecule has 1 rings (SSSR count). The summed E-state index contributed by atoms with van der Waals surface area (Å²) in [5, 5.41) is 12.1. The summed E-state index contributed by atoms with van der Waals surface area (Å²) in [7, 11) is 1.31. The fraction of sp³-hybridized carbons (Fsp3) is 0.385. The summed E-state index contributed by atoms with van der Waals surface area (Å²) in [6.45, 7) is 0.270. The molecular weight excluding hydrogens is 234 g/mol. The molecule has 1 amide bonds. The van der Waals surface area contributed by atoms with Gasteiger partial charge in [-0.05, 0) is 18.1 Å². The zero-order valence-corrected chi connectivity index (χ0v) is 10.3. The lowest BCUT2D eigenvalue weighted by Crippen LogP contribution is -2.26. The molecule has 98 valence electrons. The molecule has 0 bridgehead atoms. The molecule has 5 nitrogen and oxygen atoms in total. The Morgan fingerprint density at radius 1 is 1.28 bits per heavy atom. The van der Waals surface area contributed by atoms with E-state index in [1.807, 2.05) is 6.07 Å². The SMILES string of the molecule is COC(=O)CCNC(=O)CCc1ccccc1O. The second kappa shape index (κ2) is 7.32. The largest absolute Gasteiger partial charge is 0.508 e. The van der Waals surface area contributed by atoms with Crippen LogP contribution in [0.1, 0.15) is 18.4 Å². The Morgan fingerprint density at radius 3 is 2.67 bits per heavy atom. The van der Waals surface area contributed by atoms with E-state index in [0.717, 1.165) is 5.56 Å². The minimum atomic E-state index is -0.351. The molecule has 0 radical (unpaired) electrons. The number of amides is 1. The topological polar surface area (TPSA) is 75.6 Å². The van der Waals surface area contributed by atoms with Crippen LogP contribution in [-0.4, -0.2) is 30.6 Å². The first-order chi connectivity index (χ1) is 8.63. The highest BCUT2D eigenvalue weighted by atomic mass is 16.5. The van der Waals surface area contributed by atoms with E-state index in [4.69, 9.17) is 0 Å². The quantitative estimate of drug-likeness (QED) is 0.740. The van der Waals surface area contributed by atoms with Crippen LogP contribution in [0.25, 0.3) is 0 Å². The van der Waals surface area contributed by atoms with Crippen molar-refractivity contribution in [2.75, 3.05) is 13.7 Å². The molecular formula is C13H17NO4. The van der Waals surface area contributed by atoms with Gasteiger partial charge in [0, 0.05) is 13.0 Å². The fourth-order valence-corrected chi connectivity index (χ4v) is 1.46. The van der Waals surface area contributed by atoms with Crippen molar-refractivity contribution < 1.29 is 19.4 Å². The van der Waals surface area contributed by atoms with Crippen molar-refractivity contribution in [2.24, 2.45) is 0 Å². The number of phenolic OH excluding ortho intramolecular Hbond substituents is 1. The van der Waals surface area contributed by atoms with Gasteiger partial charge in [-0.2, -0.15) is 0 Å². The number of para-hydroxylation sites is 1. The molecule has 0 heterocycles. The number of hydrogen-bond donors (Lipinski definition) is 2. The predicted octanol–water partition coefficient (Wildman–Crippen LogP) is 1.00. The summed E-state index contributed by atoms with van der Waals surface area (Å²) in [5.74, 6) is -0.307. The van der Waals surface area contributed by atoms with E-state index in [2.05, 4.69) is 10.1 Å². The van der Waals surface area contributed by atoms with Crippen LogP contribution < -0.4 is 5.32 Å². The van der Waals surface area contributed by atoms with Crippen LogP contribution in [0.2, 0.25) is 0 Å². The van der Waals surface area contributed by atoms with Gasteiger partial charge in [0.25, 0.3) is 0 Å². The average Bonchev–Trinajstić information content (AvgIpc) is 2.37. The van der Waals surface area contributed by atoms with Crippen molar-refractivity contribution in [3.63, 3.8) is 0 Å². The zero-order chi connectivity index (χ0) is 13.4. The smallest absolute Gasteiger partial charge is 0.307 e. The second-order valence-electron chi connectivity index (χ2n) is 3.80. The minimum Gasteiger partial charge on any atom is -0.508 e. The van der Waals surface area contributed by atoms with Gasteiger partial charge in [-0.1, -0.05) is 18.2 Å². The Balaban J connectivity index is 2.25. The number of methoxy groups -OCH3 is 1. The van der Waals surface area contributed by atoms with Crippen LogP contribution in [0, 0.1) is 0 Å². The molecule has 2 N–H and O–H groups in total. The number of carbonyl (C=O) groups is 2. The number of carbonyl (C=O) groups excluding carboxylic acids is 2. The van der Waals surface area contributed by atoms with Crippen LogP contribution in [0.5, 0.6) is 5.75 Å². The van der Waals surface area contributed by atoms with E-state index >= 15 is 0 Å². The summed E-state index contributed by atoms with van der Waals surface area (Å²) < 4.78 is 4.45. The Labute approximate surface area is 106 Å². The number of aryl methyl sites for hydroxylation is 1. The lowest BCUT2D eigenvalue weighted by atomic mass is 10.1. The molecule has 0 spiro atoms. The van der Waals surface area contributed by atoms with Crippen molar-refractivity contribution in [3.8, 4) is 5.75 Å². The van der Waals surface area contributed by atoms with Crippen LogP contribution in [-0.2, 0) is 20.7 Å². The predicted molar refractivity (Wildman–Crippen MR) is 66.1 cm³/mol. The van der Waals surface area contributed by atoms with Gasteiger partial charge >= 0.3 is 5.97 Å². The summed E-state index contributed by atoms with van der Waals surface area (Å²) in [6.07, 6.45) is 0.911. The molecule has 0 unspecified atom stereocenters. The molecule has 1 aromatic rings. The molecule has 0 aromatic heterocycles. The van der Waals surface area contributed by atoms with Crippen molar-refractivity contribution in [1.82, 2.24) is 5.32 Å². The fourth-order valence-electron chi connectivity index (χ4n) is 1.46. The Morgan fingerprint density at radius 2 is 2.00 bits per heavy atom. The van der Waals surface area contributed by atoms with Gasteiger partial charge in [-0.3, -0.25) is 9.59 Å². The summed E-state index contributed by atoms with van der Waals surface area (Å²) in [6, 6.07) is 6.90. The number of phenols is 1. The third-order valence-corrected chi connectivity index (χ3v) is 2.49. The van der Waals surface area contributed by atoms with Gasteiger partial charge in [0.05, 0.1) is 13.5 Å². The van der Waals surface area contributed by atoms with Gasteiger partial charge in [0.1, 0.15) is 5.75 Å². The lowest BCUT2D eigenvalue weighted by molar-refractivity contribution is -0.140. The van der Waals surface area contributed by atoms with Gasteiger partial charge in [0.2, 0.25) is 5.91 Å². The minimum absolute atomic E-state index is 0.151. The second-order valence-corrected chi connectivity index (χ2v) is 3.80. The number of ether oxygens (including phenoxy) is 1. The van der Waals surface area contributed by atoms with E-state index in [1.54, 1.807) is 18.2 Å². The van der Waals surface area contributed by atoms with Gasteiger partial charge in [0.15, 0.2) is 0 Å². The van der Waals surface area contributed by atoms with Gasteiger partial charge in [-0.25, -0.2) is 0 Å². The van der Waals surface area contributed by atoms with Crippen molar-refractivity contribution >= 4 is 11.9 Å². The van der Waals surface area contributed by atoms with E-state index in [0.29, 0.717) is 6.42 Å². The first kappa shape index (κ1) is 14.0. The molecule has 0 aliphatic carbocycles. The Bertz CT molecular complexity index is 417. The molecule has 0 atom stereocenters. The van der Waals surface area contributed by atoms with E-state index in [-0.39, 0.29) is 37.0 Å². The van der Waals surface area contributed by atoms with Crippen molar-refractivity contribution in [2.45, 2.75) is 19.3 Å². The highest BCUT2D eigenvalue weighted by molar-refractivity contribution is 5.77. The maximum absolute atomic E-state index is 11.5. The standard InChI is InChI=1S/C13H17NO4/c1-18-13(17)8-9-14-12(16)7-6-10-4-2-3-5-11(10)15/h2-5,15H,6-9H2,1H3,(H,14,16). The monoisotopic (exact) mass is 251 g/mol. The van der Waals surface area contributed by atoms with Crippen LogP contribution in [0.4, 0.5) is 0 Å². The first-order valence-electron chi connectivity index (χ1n) is 5.74. The normalized spacial score (nSPS) is 9.83. The van der Waals surface area contributed by atoms with E-state index in [1.165, 1.54) is 7.11 Å². The molecule has 1 aromatic carbocycles. The molecule has 0 aliphatic heterocycles. The number of hydrogen-bond acceptors (Lipinski definition) is 4. The van der Waals surface area contributed by atoms with E-state index < -0.39 is 0 Å². The number of nitrogens with one attached hydrogen (secondary N) is 1. The average molecular weight is 251 g/mol. The lowest BCUT2D eigenvalue weighted by Gasteiger charge is -2.05. The Kier molecular flexibility index (Phi) is 5.70.